The molecule has 0 aliphatic rings. The molecule has 0 bridgehead atoms. The van der Waals surface area contributed by atoms with E-state index < -0.39 is 0 Å². The van der Waals surface area contributed by atoms with Gasteiger partial charge in [-0.15, -0.1) is 0 Å². The van der Waals surface area contributed by atoms with Gasteiger partial charge in [-0.2, -0.15) is 11.3 Å². The van der Waals surface area contributed by atoms with E-state index in [2.05, 4.69) is 33.8 Å². The fourth-order valence-electron chi connectivity index (χ4n) is 1.52. The second-order valence-electron chi connectivity index (χ2n) is 3.87. The van der Waals surface area contributed by atoms with Gasteiger partial charge < -0.3 is 10.1 Å². The van der Waals surface area contributed by atoms with Crippen LogP contribution in [0, 0.1) is 0 Å². The third-order valence-electron chi connectivity index (χ3n) is 2.40. The quantitative estimate of drug-likeness (QED) is 0.587. The first-order valence-corrected chi connectivity index (χ1v) is 6.48. The lowest BCUT2D eigenvalue weighted by Crippen LogP contribution is -2.29. The molecule has 1 atom stereocenters. The highest BCUT2D eigenvalue weighted by atomic mass is 32.1. The molecule has 0 fully saturated rings. The van der Waals surface area contributed by atoms with E-state index in [-0.39, 0.29) is 5.97 Å². The molecule has 16 heavy (non-hydrogen) atoms. The molecule has 1 unspecified atom stereocenters. The highest BCUT2D eigenvalue weighted by Crippen LogP contribution is 2.08. The Bertz CT molecular complexity index is 298. The van der Waals surface area contributed by atoms with Crippen molar-refractivity contribution in [1.29, 1.82) is 0 Å². The van der Waals surface area contributed by atoms with Gasteiger partial charge in [0.2, 0.25) is 0 Å². The molecule has 0 aliphatic carbocycles. The molecule has 3 nitrogen and oxygen atoms in total. The van der Waals surface area contributed by atoms with Crippen molar-refractivity contribution in [1.82, 2.24) is 5.32 Å². The van der Waals surface area contributed by atoms with Crippen molar-refractivity contribution < 1.29 is 9.53 Å². The topological polar surface area (TPSA) is 38.3 Å². The van der Waals surface area contributed by atoms with Crippen molar-refractivity contribution in [3.63, 3.8) is 0 Å². The van der Waals surface area contributed by atoms with Gasteiger partial charge in [0, 0.05) is 12.5 Å². The number of rotatable bonds is 7. The highest BCUT2D eigenvalue weighted by molar-refractivity contribution is 7.07. The lowest BCUT2D eigenvalue weighted by Gasteiger charge is -2.12. The molecule has 0 saturated carbocycles. The molecule has 0 amide bonds. The van der Waals surface area contributed by atoms with Gasteiger partial charge in [0.15, 0.2) is 0 Å². The second kappa shape index (κ2) is 7.41. The van der Waals surface area contributed by atoms with E-state index in [1.807, 2.05) is 0 Å². The number of ether oxygens (including phenoxy) is 1. The lowest BCUT2D eigenvalue weighted by atomic mass is 10.1. The summed E-state index contributed by atoms with van der Waals surface area (Å²) in [6.45, 7) is 3.02. The number of hydrogen-bond donors (Lipinski definition) is 1. The van der Waals surface area contributed by atoms with E-state index in [0.29, 0.717) is 12.5 Å². The summed E-state index contributed by atoms with van der Waals surface area (Å²) >= 11 is 1.73. The molecule has 4 heteroatoms. The Hall–Kier alpha value is -0.870. The summed E-state index contributed by atoms with van der Waals surface area (Å²) in [4.78, 5) is 10.9. The average Bonchev–Trinajstić information content (AvgIpc) is 2.76. The van der Waals surface area contributed by atoms with E-state index >= 15 is 0 Å². The van der Waals surface area contributed by atoms with Gasteiger partial charge in [0.05, 0.1) is 7.11 Å². The third kappa shape index (κ3) is 5.28. The maximum atomic E-state index is 10.9. The van der Waals surface area contributed by atoms with Crippen LogP contribution in [0.1, 0.15) is 25.3 Å². The molecule has 0 radical (unpaired) electrons. The minimum Gasteiger partial charge on any atom is -0.469 e. The van der Waals surface area contributed by atoms with Gasteiger partial charge in [-0.05, 0) is 48.7 Å². The largest absolute Gasteiger partial charge is 0.469 e. The highest BCUT2D eigenvalue weighted by Gasteiger charge is 2.04. The fraction of sp³-hybridized carbons (Fsp3) is 0.583. The van der Waals surface area contributed by atoms with E-state index in [4.69, 9.17) is 0 Å². The molecular formula is C12H19NO2S. The Morgan fingerprint density at radius 2 is 2.44 bits per heavy atom. The van der Waals surface area contributed by atoms with E-state index in [9.17, 15) is 4.79 Å². The molecule has 0 spiro atoms. The van der Waals surface area contributed by atoms with Crippen molar-refractivity contribution in [3.05, 3.63) is 22.4 Å². The lowest BCUT2D eigenvalue weighted by molar-refractivity contribution is -0.140. The van der Waals surface area contributed by atoms with Gasteiger partial charge in [-0.1, -0.05) is 0 Å². The Labute approximate surface area is 101 Å². The van der Waals surface area contributed by atoms with E-state index in [1.165, 1.54) is 12.7 Å². The number of methoxy groups -OCH3 is 1. The Kier molecular flexibility index (Phi) is 6.11. The standard InChI is InChI=1S/C12H19NO2S/c1-10(8-11-5-7-16-9-11)13-6-3-4-12(14)15-2/h5,7,9-10,13H,3-4,6,8H2,1-2H3. The van der Waals surface area contributed by atoms with E-state index in [0.717, 1.165) is 19.4 Å². The fourth-order valence-corrected chi connectivity index (χ4v) is 2.20. The number of carbonyl (C=O) groups excluding carboxylic acids is 1. The summed E-state index contributed by atoms with van der Waals surface area (Å²) in [5.41, 5.74) is 1.37. The number of nitrogens with one attached hydrogen (secondary N) is 1. The first-order valence-electron chi connectivity index (χ1n) is 5.53. The van der Waals surface area contributed by atoms with Crippen molar-refractivity contribution in [2.45, 2.75) is 32.2 Å². The maximum Gasteiger partial charge on any atom is 0.305 e. The first kappa shape index (κ1) is 13.2. The number of carbonyl (C=O) groups is 1. The summed E-state index contributed by atoms with van der Waals surface area (Å²) in [6.07, 6.45) is 2.37. The maximum absolute atomic E-state index is 10.9. The second-order valence-corrected chi connectivity index (χ2v) is 4.65. The third-order valence-corrected chi connectivity index (χ3v) is 3.13. The Balaban J connectivity index is 2.06. The van der Waals surface area contributed by atoms with Crippen LogP contribution in [0.25, 0.3) is 0 Å². The minimum absolute atomic E-state index is 0.132. The summed E-state index contributed by atoms with van der Waals surface area (Å²) in [7, 11) is 1.43. The molecular weight excluding hydrogens is 222 g/mol. The van der Waals surface area contributed by atoms with Crippen LogP contribution < -0.4 is 5.32 Å². The molecule has 90 valence electrons. The zero-order valence-electron chi connectivity index (χ0n) is 9.86. The van der Waals surface area contributed by atoms with Crippen LogP contribution in [0.4, 0.5) is 0 Å². The summed E-state index contributed by atoms with van der Waals surface area (Å²) < 4.78 is 4.58. The van der Waals surface area contributed by atoms with Gasteiger partial charge in [0.1, 0.15) is 0 Å². The molecule has 0 aromatic carbocycles. The van der Waals surface area contributed by atoms with Crippen LogP contribution in [-0.2, 0) is 16.0 Å². The van der Waals surface area contributed by atoms with Gasteiger partial charge in [-0.25, -0.2) is 0 Å². The molecule has 0 saturated heterocycles. The monoisotopic (exact) mass is 241 g/mol. The van der Waals surface area contributed by atoms with Crippen LogP contribution in [-0.4, -0.2) is 25.7 Å². The van der Waals surface area contributed by atoms with Crippen molar-refractivity contribution in [3.8, 4) is 0 Å². The van der Waals surface area contributed by atoms with Crippen molar-refractivity contribution >= 4 is 17.3 Å². The zero-order chi connectivity index (χ0) is 11.8. The van der Waals surface area contributed by atoms with Gasteiger partial charge >= 0.3 is 5.97 Å². The summed E-state index contributed by atoms with van der Waals surface area (Å²) in [6, 6.07) is 2.60. The van der Waals surface area contributed by atoms with Crippen molar-refractivity contribution in [2.24, 2.45) is 0 Å². The van der Waals surface area contributed by atoms with Crippen LogP contribution in [0.5, 0.6) is 0 Å². The molecule has 1 N–H and O–H groups in total. The number of thiophene rings is 1. The Morgan fingerprint density at radius 3 is 3.06 bits per heavy atom. The van der Waals surface area contributed by atoms with Gasteiger partial charge in [-0.3, -0.25) is 4.79 Å². The van der Waals surface area contributed by atoms with Gasteiger partial charge in [0.25, 0.3) is 0 Å². The molecule has 1 aromatic rings. The zero-order valence-corrected chi connectivity index (χ0v) is 10.7. The molecule has 0 aliphatic heterocycles. The van der Waals surface area contributed by atoms with Crippen LogP contribution >= 0.6 is 11.3 Å². The van der Waals surface area contributed by atoms with E-state index in [1.54, 1.807) is 11.3 Å². The van der Waals surface area contributed by atoms with Crippen molar-refractivity contribution in [2.75, 3.05) is 13.7 Å². The molecule has 1 rings (SSSR count). The number of esters is 1. The van der Waals surface area contributed by atoms with Crippen LogP contribution in [0.3, 0.4) is 0 Å². The minimum atomic E-state index is -0.132. The molecule has 1 heterocycles. The Morgan fingerprint density at radius 1 is 1.62 bits per heavy atom. The van der Waals surface area contributed by atoms with Crippen LogP contribution in [0.2, 0.25) is 0 Å². The predicted molar refractivity (Wildman–Crippen MR) is 66.7 cm³/mol. The van der Waals surface area contributed by atoms with Crippen LogP contribution in [0.15, 0.2) is 16.8 Å². The SMILES string of the molecule is COC(=O)CCCNC(C)Cc1ccsc1. The average molecular weight is 241 g/mol. The first-order chi connectivity index (χ1) is 7.72. The predicted octanol–water partition coefficient (Wildman–Crippen LogP) is 2.22. The smallest absolute Gasteiger partial charge is 0.305 e. The number of hydrogen-bond acceptors (Lipinski definition) is 4. The summed E-state index contributed by atoms with van der Waals surface area (Å²) in [5.74, 6) is -0.132. The normalized spacial score (nSPS) is 12.4. The summed E-state index contributed by atoms with van der Waals surface area (Å²) in [5, 5.41) is 7.67. The molecule has 1 aromatic heterocycles.